The monoisotopic (exact) mass is 404 g/mol. The van der Waals surface area contributed by atoms with Crippen molar-refractivity contribution in [3.8, 4) is 11.5 Å². The molecule has 0 atom stereocenters. The molecule has 9 heteroatoms. The molecule has 1 aromatic heterocycles. The fourth-order valence-corrected chi connectivity index (χ4v) is 2.52. The third kappa shape index (κ3) is 6.27. The van der Waals surface area contributed by atoms with E-state index in [9.17, 15) is 13.2 Å². The lowest BCUT2D eigenvalue weighted by Gasteiger charge is -2.12. The molecular weight excluding hydrogens is 385 g/mol. The van der Waals surface area contributed by atoms with Crippen molar-refractivity contribution in [2.24, 2.45) is 0 Å². The number of alkyl halides is 3. The van der Waals surface area contributed by atoms with Crippen LogP contribution in [-0.2, 0) is 6.54 Å². The minimum atomic E-state index is -4.72. The van der Waals surface area contributed by atoms with E-state index in [4.69, 9.17) is 4.74 Å². The molecule has 0 bridgehead atoms. The fourth-order valence-electron chi connectivity index (χ4n) is 2.52. The molecule has 6 nitrogen and oxygen atoms in total. The van der Waals surface area contributed by atoms with Crippen molar-refractivity contribution >= 4 is 17.5 Å². The number of hydrogen-bond donors (Lipinski definition) is 2. The van der Waals surface area contributed by atoms with Gasteiger partial charge in [-0.15, -0.1) is 13.2 Å². The zero-order valence-electron chi connectivity index (χ0n) is 15.7. The van der Waals surface area contributed by atoms with Crippen LogP contribution in [0.5, 0.6) is 11.5 Å². The number of methoxy groups -OCH3 is 1. The van der Waals surface area contributed by atoms with Gasteiger partial charge in [0.25, 0.3) is 0 Å². The summed E-state index contributed by atoms with van der Waals surface area (Å²) in [6.45, 7) is 2.38. The number of ether oxygens (including phenoxy) is 2. The SMILES string of the molecule is COc1ccc(CNc2cc(C)nc(Nc3ccc(OC(F)(F)F)cc3)n2)cc1. The summed E-state index contributed by atoms with van der Waals surface area (Å²) in [4.78, 5) is 8.69. The smallest absolute Gasteiger partial charge is 0.497 e. The molecule has 0 spiro atoms. The second-order valence-corrected chi connectivity index (χ2v) is 6.12. The van der Waals surface area contributed by atoms with Crippen LogP contribution < -0.4 is 20.1 Å². The molecular formula is C20H19F3N4O2. The molecule has 0 amide bonds. The molecule has 0 aliphatic rings. The number of benzene rings is 2. The Morgan fingerprint density at radius 3 is 2.21 bits per heavy atom. The number of aryl methyl sites for hydroxylation is 1. The molecule has 0 radical (unpaired) electrons. The molecule has 1 heterocycles. The van der Waals surface area contributed by atoms with Gasteiger partial charge in [-0.3, -0.25) is 0 Å². The summed E-state index contributed by atoms with van der Waals surface area (Å²) in [5.74, 6) is 1.43. The van der Waals surface area contributed by atoms with Crippen molar-refractivity contribution in [2.45, 2.75) is 19.8 Å². The maximum Gasteiger partial charge on any atom is 0.573 e. The van der Waals surface area contributed by atoms with E-state index in [0.717, 1.165) is 17.0 Å². The normalized spacial score (nSPS) is 11.1. The van der Waals surface area contributed by atoms with Crippen LogP contribution in [-0.4, -0.2) is 23.4 Å². The fraction of sp³-hybridized carbons (Fsp3) is 0.200. The van der Waals surface area contributed by atoms with E-state index >= 15 is 0 Å². The molecule has 2 aromatic carbocycles. The van der Waals surface area contributed by atoms with E-state index in [1.165, 1.54) is 24.3 Å². The average molecular weight is 404 g/mol. The molecule has 0 aliphatic heterocycles. The number of halogens is 3. The second-order valence-electron chi connectivity index (χ2n) is 6.12. The molecule has 29 heavy (non-hydrogen) atoms. The lowest BCUT2D eigenvalue weighted by molar-refractivity contribution is -0.274. The molecule has 0 fully saturated rings. The van der Waals surface area contributed by atoms with Crippen LogP contribution in [0.15, 0.2) is 54.6 Å². The summed E-state index contributed by atoms with van der Waals surface area (Å²) in [7, 11) is 1.61. The highest BCUT2D eigenvalue weighted by Crippen LogP contribution is 2.25. The lowest BCUT2D eigenvalue weighted by atomic mass is 10.2. The van der Waals surface area contributed by atoms with Crippen LogP contribution in [0.2, 0.25) is 0 Å². The maximum atomic E-state index is 12.2. The minimum absolute atomic E-state index is 0.296. The van der Waals surface area contributed by atoms with Crippen LogP contribution in [0.4, 0.5) is 30.6 Å². The quantitative estimate of drug-likeness (QED) is 0.575. The van der Waals surface area contributed by atoms with Crippen LogP contribution in [0.25, 0.3) is 0 Å². The first-order valence-electron chi connectivity index (χ1n) is 8.66. The molecule has 152 valence electrons. The zero-order chi connectivity index (χ0) is 20.9. The van der Waals surface area contributed by atoms with Gasteiger partial charge in [0.2, 0.25) is 5.95 Å². The molecule has 2 N–H and O–H groups in total. The van der Waals surface area contributed by atoms with E-state index in [1.54, 1.807) is 13.2 Å². The number of aromatic nitrogens is 2. The highest BCUT2D eigenvalue weighted by atomic mass is 19.4. The molecule has 0 saturated carbocycles. The van der Waals surface area contributed by atoms with Gasteiger partial charge in [-0.1, -0.05) is 12.1 Å². The van der Waals surface area contributed by atoms with Crippen molar-refractivity contribution in [2.75, 3.05) is 17.7 Å². The van der Waals surface area contributed by atoms with Crippen molar-refractivity contribution in [3.05, 3.63) is 65.9 Å². The summed E-state index contributed by atoms with van der Waals surface area (Å²) in [6.07, 6.45) is -4.72. The van der Waals surface area contributed by atoms with Crippen LogP contribution in [0.1, 0.15) is 11.3 Å². The van der Waals surface area contributed by atoms with Gasteiger partial charge in [0, 0.05) is 24.0 Å². The van der Waals surface area contributed by atoms with Gasteiger partial charge < -0.3 is 20.1 Å². The Bertz CT molecular complexity index is 945. The summed E-state index contributed by atoms with van der Waals surface area (Å²) < 4.78 is 45.7. The third-order valence-corrected chi connectivity index (χ3v) is 3.83. The van der Waals surface area contributed by atoms with Gasteiger partial charge in [0.1, 0.15) is 17.3 Å². The third-order valence-electron chi connectivity index (χ3n) is 3.83. The minimum Gasteiger partial charge on any atom is -0.497 e. The Morgan fingerprint density at radius 1 is 0.931 bits per heavy atom. The van der Waals surface area contributed by atoms with Crippen molar-refractivity contribution in [1.29, 1.82) is 0 Å². The highest BCUT2D eigenvalue weighted by molar-refractivity contribution is 5.56. The molecule has 0 aliphatic carbocycles. The lowest BCUT2D eigenvalue weighted by Crippen LogP contribution is -2.17. The highest BCUT2D eigenvalue weighted by Gasteiger charge is 2.30. The van der Waals surface area contributed by atoms with Gasteiger partial charge in [-0.05, 0) is 48.9 Å². The number of hydrogen-bond acceptors (Lipinski definition) is 6. The van der Waals surface area contributed by atoms with Crippen LogP contribution in [0.3, 0.4) is 0 Å². The van der Waals surface area contributed by atoms with Gasteiger partial charge in [0.15, 0.2) is 0 Å². The Balaban J connectivity index is 1.65. The molecule has 0 saturated heterocycles. The standard InChI is InChI=1S/C20H19F3N4O2/c1-13-11-18(24-12-14-3-7-16(28-2)8-4-14)27-19(25-13)26-15-5-9-17(10-6-15)29-20(21,22)23/h3-11H,12H2,1-2H3,(H2,24,25,26,27). The first-order valence-corrected chi connectivity index (χ1v) is 8.66. The first-order chi connectivity index (χ1) is 13.8. The predicted molar refractivity (Wildman–Crippen MR) is 103 cm³/mol. The van der Waals surface area contributed by atoms with Crippen molar-refractivity contribution < 1.29 is 22.6 Å². The van der Waals surface area contributed by atoms with E-state index in [1.807, 2.05) is 31.2 Å². The van der Waals surface area contributed by atoms with Gasteiger partial charge in [0.05, 0.1) is 7.11 Å². The Kier molecular flexibility index (Phi) is 6.06. The van der Waals surface area contributed by atoms with Gasteiger partial charge in [-0.25, -0.2) is 4.98 Å². The van der Waals surface area contributed by atoms with E-state index in [2.05, 4.69) is 25.3 Å². The van der Waals surface area contributed by atoms with Crippen molar-refractivity contribution in [3.63, 3.8) is 0 Å². The Labute approximate surface area is 165 Å². The zero-order valence-corrected chi connectivity index (χ0v) is 15.7. The first kappa shape index (κ1) is 20.2. The molecule has 0 unspecified atom stereocenters. The van der Waals surface area contributed by atoms with Gasteiger partial charge >= 0.3 is 6.36 Å². The average Bonchev–Trinajstić information content (AvgIpc) is 2.67. The largest absolute Gasteiger partial charge is 0.573 e. The predicted octanol–water partition coefficient (Wildman–Crippen LogP) is 5.05. The summed E-state index contributed by atoms with van der Waals surface area (Å²) in [5, 5.41) is 6.20. The molecule has 3 aromatic rings. The van der Waals surface area contributed by atoms with Crippen LogP contribution >= 0.6 is 0 Å². The van der Waals surface area contributed by atoms with E-state index in [0.29, 0.717) is 24.0 Å². The number of anilines is 3. The number of nitrogens with zero attached hydrogens (tertiary/aromatic N) is 2. The van der Waals surface area contributed by atoms with Gasteiger partial charge in [-0.2, -0.15) is 4.98 Å². The van der Waals surface area contributed by atoms with E-state index in [-0.39, 0.29) is 5.75 Å². The number of rotatable bonds is 7. The second kappa shape index (κ2) is 8.68. The summed E-state index contributed by atoms with van der Waals surface area (Å²) in [6, 6.07) is 14.8. The summed E-state index contributed by atoms with van der Waals surface area (Å²) >= 11 is 0. The Morgan fingerprint density at radius 2 is 1.59 bits per heavy atom. The molecule has 3 rings (SSSR count). The topological polar surface area (TPSA) is 68.3 Å². The number of nitrogens with one attached hydrogen (secondary N) is 2. The van der Waals surface area contributed by atoms with Crippen LogP contribution in [0, 0.1) is 6.92 Å². The van der Waals surface area contributed by atoms with E-state index < -0.39 is 6.36 Å². The maximum absolute atomic E-state index is 12.2. The Hall–Kier alpha value is -3.49. The van der Waals surface area contributed by atoms with Crippen molar-refractivity contribution in [1.82, 2.24) is 9.97 Å². The summed E-state index contributed by atoms with van der Waals surface area (Å²) in [5.41, 5.74) is 2.32.